The van der Waals surface area contributed by atoms with Crippen molar-refractivity contribution >= 4 is 17.0 Å². The molecule has 0 amide bonds. The average Bonchev–Trinajstić information content (AvgIpc) is 2.27. The van der Waals surface area contributed by atoms with Crippen LogP contribution in [0.2, 0.25) is 0 Å². The number of nitrogens with zero attached hydrogens (tertiary/aromatic N) is 2. The van der Waals surface area contributed by atoms with Gasteiger partial charge < -0.3 is 4.84 Å². The number of hydrogen-bond acceptors (Lipinski definition) is 5. The van der Waals surface area contributed by atoms with Gasteiger partial charge in [0.05, 0.1) is 17.2 Å². The molecular formula is C9H7N3O2. The van der Waals surface area contributed by atoms with Crippen LogP contribution in [-0.2, 0) is 4.84 Å². The Labute approximate surface area is 79.5 Å². The van der Waals surface area contributed by atoms with Crippen LogP contribution in [0.4, 0.5) is 0 Å². The van der Waals surface area contributed by atoms with Crippen molar-refractivity contribution < 1.29 is 9.63 Å². The molecule has 0 aliphatic rings. The minimum atomic E-state index is -0.691. The Morgan fingerprint density at radius 3 is 2.71 bits per heavy atom. The lowest BCUT2D eigenvalue weighted by Crippen LogP contribution is -2.12. The molecule has 0 atom stereocenters. The first-order chi connectivity index (χ1) is 6.81. The molecule has 1 aromatic heterocycles. The smallest absolute Gasteiger partial charge is 0.368 e. The fourth-order valence-electron chi connectivity index (χ4n) is 1.12. The molecule has 0 fully saturated rings. The van der Waals surface area contributed by atoms with Crippen molar-refractivity contribution in [2.75, 3.05) is 0 Å². The Morgan fingerprint density at radius 2 is 2.00 bits per heavy atom. The fourth-order valence-corrected chi connectivity index (χ4v) is 1.12. The van der Waals surface area contributed by atoms with Gasteiger partial charge in [-0.25, -0.2) is 9.78 Å². The highest BCUT2D eigenvalue weighted by Crippen LogP contribution is 2.08. The number of para-hydroxylation sites is 2. The molecular weight excluding hydrogens is 182 g/mol. The normalized spacial score (nSPS) is 10.1. The maximum Gasteiger partial charge on any atom is 0.377 e. The Morgan fingerprint density at radius 1 is 1.29 bits per heavy atom. The third-order valence-corrected chi connectivity index (χ3v) is 1.76. The van der Waals surface area contributed by atoms with Gasteiger partial charge in [0.1, 0.15) is 0 Å². The summed E-state index contributed by atoms with van der Waals surface area (Å²) in [6.45, 7) is 0. The first-order valence-corrected chi connectivity index (χ1v) is 3.94. The van der Waals surface area contributed by atoms with E-state index >= 15 is 0 Å². The van der Waals surface area contributed by atoms with Crippen molar-refractivity contribution in [3.63, 3.8) is 0 Å². The summed E-state index contributed by atoms with van der Waals surface area (Å²) in [7, 11) is 0. The van der Waals surface area contributed by atoms with Gasteiger partial charge in [-0.3, -0.25) is 4.98 Å². The molecule has 0 bridgehead atoms. The lowest BCUT2D eigenvalue weighted by Gasteiger charge is -1.98. The molecule has 2 rings (SSSR count). The number of carbonyl (C=O) groups is 1. The number of hydrogen-bond donors (Lipinski definition) is 1. The Balaban J connectivity index is 2.56. The summed E-state index contributed by atoms with van der Waals surface area (Å²) in [6, 6.07) is 7.22. The molecule has 0 radical (unpaired) electrons. The topological polar surface area (TPSA) is 78.1 Å². The molecule has 1 aromatic carbocycles. The van der Waals surface area contributed by atoms with Gasteiger partial charge >= 0.3 is 5.97 Å². The largest absolute Gasteiger partial charge is 0.377 e. The molecule has 0 aliphatic carbocycles. The molecule has 2 aromatic rings. The molecule has 14 heavy (non-hydrogen) atoms. The van der Waals surface area contributed by atoms with Crippen LogP contribution in [0.15, 0.2) is 30.5 Å². The molecule has 1 heterocycles. The van der Waals surface area contributed by atoms with Crippen molar-refractivity contribution in [2.24, 2.45) is 5.90 Å². The van der Waals surface area contributed by atoms with E-state index in [4.69, 9.17) is 5.90 Å². The zero-order valence-corrected chi connectivity index (χ0v) is 7.18. The second-order valence-corrected chi connectivity index (χ2v) is 2.65. The highest BCUT2D eigenvalue weighted by Gasteiger charge is 2.08. The molecule has 0 aliphatic heterocycles. The molecule has 0 saturated carbocycles. The van der Waals surface area contributed by atoms with Crippen LogP contribution >= 0.6 is 0 Å². The van der Waals surface area contributed by atoms with E-state index in [2.05, 4.69) is 14.8 Å². The van der Waals surface area contributed by atoms with Crippen LogP contribution in [0.5, 0.6) is 0 Å². The van der Waals surface area contributed by atoms with Crippen molar-refractivity contribution in [1.29, 1.82) is 0 Å². The number of aromatic nitrogens is 2. The van der Waals surface area contributed by atoms with E-state index in [9.17, 15) is 4.79 Å². The summed E-state index contributed by atoms with van der Waals surface area (Å²) in [5.41, 5.74) is 1.46. The van der Waals surface area contributed by atoms with Crippen molar-refractivity contribution in [2.45, 2.75) is 0 Å². The zero-order valence-electron chi connectivity index (χ0n) is 7.18. The monoisotopic (exact) mass is 189 g/mol. The van der Waals surface area contributed by atoms with Gasteiger partial charge in [-0.15, -0.1) is 0 Å². The molecule has 0 spiro atoms. The highest BCUT2D eigenvalue weighted by atomic mass is 16.7. The SMILES string of the molecule is NOC(=O)c1cnc2ccccc2n1. The van der Waals surface area contributed by atoms with Crippen LogP contribution in [0.25, 0.3) is 11.0 Å². The second-order valence-electron chi connectivity index (χ2n) is 2.65. The quantitative estimate of drug-likeness (QED) is 0.666. The molecule has 2 N–H and O–H groups in total. The van der Waals surface area contributed by atoms with E-state index in [1.54, 1.807) is 12.1 Å². The molecule has 0 unspecified atom stereocenters. The van der Waals surface area contributed by atoms with Crippen LogP contribution in [0, 0.1) is 0 Å². The van der Waals surface area contributed by atoms with Gasteiger partial charge in [0.2, 0.25) is 0 Å². The summed E-state index contributed by atoms with van der Waals surface area (Å²) in [4.78, 5) is 23.1. The maximum atomic E-state index is 11.0. The number of rotatable bonds is 1. The molecule has 5 heteroatoms. The zero-order chi connectivity index (χ0) is 9.97. The Bertz CT molecular complexity index is 484. The van der Waals surface area contributed by atoms with Crippen LogP contribution in [0.3, 0.4) is 0 Å². The molecule has 5 nitrogen and oxygen atoms in total. The van der Waals surface area contributed by atoms with E-state index in [1.807, 2.05) is 12.1 Å². The van der Waals surface area contributed by atoms with Gasteiger partial charge in [0.25, 0.3) is 0 Å². The summed E-state index contributed by atoms with van der Waals surface area (Å²) in [5.74, 6) is 4.04. The lowest BCUT2D eigenvalue weighted by molar-refractivity contribution is 0.0496. The minimum absolute atomic E-state index is 0.103. The summed E-state index contributed by atoms with van der Waals surface area (Å²) < 4.78 is 0. The summed E-state index contributed by atoms with van der Waals surface area (Å²) >= 11 is 0. The summed E-state index contributed by atoms with van der Waals surface area (Å²) in [5, 5.41) is 0. The van der Waals surface area contributed by atoms with Gasteiger partial charge in [0.15, 0.2) is 5.69 Å². The third kappa shape index (κ3) is 1.40. The fraction of sp³-hybridized carbons (Fsp3) is 0. The van der Waals surface area contributed by atoms with Crippen molar-refractivity contribution in [3.8, 4) is 0 Å². The van der Waals surface area contributed by atoms with E-state index in [0.29, 0.717) is 5.52 Å². The van der Waals surface area contributed by atoms with Crippen molar-refractivity contribution in [1.82, 2.24) is 9.97 Å². The van der Waals surface area contributed by atoms with E-state index in [0.717, 1.165) is 5.52 Å². The van der Waals surface area contributed by atoms with Crippen LogP contribution in [0.1, 0.15) is 10.5 Å². The van der Waals surface area contributed by atoms with Crippen molar-refractivity contribution in [3.05, 3.63) is 36.2 Å². The Kier molecular flexibility index (Phi) is 2.08. The van der Waals surface area contributed by atoms with E-state index in [1.165, 1.54) is 6.20 Å². The van der Waals surface area contributed by atoms with Crippen LogP contribution in [-0.4, -0.2) is 15.9 Å². The average molecular weight is 189 g/mol. The van der Waals surface area contributed by atoms with Gasteiger partial charge in [0, 0.05) is 0 Å². The predicted octanol–water partition coefficient (Wildman–Crippen LogP) is 0.660. The van der Waals surface area contributed by atoms with Crippen LogP contribution < -0.4 is 5.90 Å². The van der Waals surface area contributed by atoms with Gasteiger partial charge in [-0.05, 0) is 12.1 Å². The van der Waals surface area contributed by atoms with Gasteiger partial charge in [-0.2, -0.15) is 5.90 Å². The lowest BCUT2D eigenvalue weighted by atomic mass is 10.3. The maximum absolute atomic E-state index is 11.0. The summed E-state index contributed by atoms with van der Waals surface area (Å²) in [6.07, 6.45) is 1.33. The standard InChI is InChI=1S/C9H7N3O2/c10-14-9(13)8-5-11-6-3-1-2-4-7(6)12-8/h1-5H,10H2. The highest BCUT2D eigenvalue weighted by molar-refractivity contribution is 5.89. The minimum Gasteiger partial charge on any atom is -0.368 e. The van der Waals surface area contributed by atoms with E-state index < -0.39 is 5.97 Å². The number of benzene rings is 1. The molecule has 0 saturated heterocycles. The number of nitrogens with two attached hydrogens (primary N) is 1. The van der Waals surface area contributed by atoms with E-state index in [-0.39, 0.29) is 5.69 Å². The van der Waals surface area contributed by atoms with Gasteiger partial charge in [-0.1, -0.05) is 12.1 Å². The number of fused-ring (bicyclic) bond motifs is 1. The molecule has 70 valence electrons. The Hall–Kier alpha value is -2.01. The number of carbonyl (C=O) groups excluding carboxylic acids is 1. The third-order valence-electron chi connectivity index (χ3n) is 1.76. The first-order valence-electron chi connectivity index (χ1n) is 3.94. The second kappa shape index (κ2) is 3.39. The first kappa shape index (κ1) is 8.58. The predicted molar refractivity (Wildman–Crippen MR) is 49.1 cm³/mol.